The molecule has 0 radical (unpaired) electrons. The van der Waals surface area contributed by atoms with Gasteiger partial charge in [-0.05, 0) is 66.6 Å². The van der Waals surface area contributed by atoms with Crippen molar-refractivity contribution < 1.29 is 17.9 Å². The molecule has 1 amide bonds. The molecule has 0 atom stereocenters. The molecular weight excluding hydrogens is 486 g/mol. The molecule has 0 heterocycles. The molecule has 0 aliphatic rings. The fourth-order valence-electron chi connectivity index (χ4n) is 3.48. The summed E-state index contributed by atoms with van der Waals surface area (Å²) in [5, 5.41) is 3.99. The number of sulfonamides is 1. The fraction of sp³-hybridized carbons (Fsp3) is 0.103. The van der Waals surface area contributed by atoms with E-state index in [0.717, 1.165) is 21.0 Å². The molecule has 0 spiro atoms. The summed E-state index contributed by atoms with van der Waals surface area (Å²) < 4.78 is 33.5. The van der Waals surface area contributed by atoms with Crippen molar-refractivity contribution in [2.75, 3.05) is 10.8 Å². The maximum Gasteiger partial charge on any atom is 0.264 e. The molecule has 0 aromatic heterocycles. The summed E-state index contributed by atoms with van der Waals surface area (Å²) in [4.78, 5) is 12.8. The highest BCUT2D eigenvalue weighted by Crippen LogP contribution is 2.24. The Morgan fingerprint density at radius 2 is 1.49 bits per heavy atom. The Balaban J connectivity index is 1.39. The molecular formula is C29H27N3O4S. The lowest BCUT2D eigenvalue weighted by Crippen LogP contribution is -2.39. The van der Waals surface area contributed by atoms with Gasteiger partial charge in [0.05, 0.1) is 16.8 Å². The molecule has 4 rings (SSSR count). The topological polar surface area (TPSA) is 88.1 Å². The summed E-state index contributed by atoms with van der Waals surface area (Å²) in [6, 6.07) is 32.1. The van der Waals surface area contributed by atoms with E-state index in [4.69, 9.17) is 4.74 Å². The van der Waals surface area contributed by atoms with E-state index < -0.39 is 22.5 Å². The Morgan fingerprint density at radius 3 is 2.14 bits per heavy atom. The Labute approximate surface area is 217 Å². The number of nitrogens with one attached hydrogen (secondary N) is 1. The minimum absolute atomic E-state index is 0.0986. The summed E-state index contributed by atoms with van der Waals surface area (Å²) in [7, 11) is -3.96. The van der Waals surface area contributed by atoms with Crippen molar-refractivity contribution in [1.82, 2.24) is 5.43 Å². The van der Waals surface area contributed by atoms with Gasteiger partial charge in [0.25, 0.3) is 15.9 Å². The van der Waals surface area contributed by atoms with Crippen molar-refractivity contribution in [3.63, 3.8) is 0 Å². The standard InChI is InChI=1S/C29H27N3O4S/c1-23-12-16-26(17-13-23)32(37(34,35)28-10-6-3-7-11-28)21-29(33)31-30-20-24-14-18-27(19-15-24)36-22-25-8-4-2-5-9-25/h2-20H,21-22H2,1H3,(H,31,33)/b30-20-. The van der Waals surface area contributed by atoms with Crippen LogP contribution in [0.4, 0.5) is 5.69 Å². The summed E-state index contributed by atoms with van der Waals surface area (Å²) in [5.41, 5.74) is 5.61. The van der Waals surface area contributed by atoms with Crippen molar-refractivity contribution in [3.8, 4) is 5.75 Å². The van der Waals surface area contributed by atoms with Crippen LogP contribution in [0.1, 0.15) is 16.7 Å². The van der Waals surface area contributed by atoms with E-state index in [1.165, 1.54) is 18.3 Å². The molecule has 1 N–H and O–H groups in total. The predicted molar refractivity (Wildman–Crippen MR) is 145 cm³/mol. The highest BCUT2D eigenvalue weighted by atomic mass is 32.2. The van der Waals surface area contributed by atoms with Gasteiger partial charge in [0, 0.05) is 0 Å². The maximum atomic E-state index is 13.3. The van der Waals surface area contributed by atoms with Gasteiger partial charge in [-0.3, -0.25) is 9.10 Å². The lowest BCUT2D eigenvalue weighted by molar-refractivity contribution is -0.119. The molecule has 37 heavy (non-hydrogen) atoms. The average molecular weight is 514 g/mol. The Bertz CT molecular complexity index is 1440. The van der Waals surface area contributed by atoms with Gasteiger partial charge in [-0.15, -0.1) is 0 Å². The first-order valence-electron chi connectivity index (χ1n) is 11.6. The minimum atomic E-state index is -3.96. The molecule has 4 aromatic rings. The maximum absolute atomic E-state index is 13.3. The zero-order chi connectivity index (χ0) is 26.1. The highest BCUT2D eigenvalue weighted by molar-refractivity contribution is 7.92. The van der Waals surface area contributed by atoms with E-state index in [0.29, 0.717) is 18.0 Å². The van der Waals surface area contributed by atoms with E-state index in [1.807, 2.05) is 61.5 Å². The van der Waals surface area contributed by atoms with Crippen LogP contribution in [0.15, 0.2) is 119 Å². The van der Waals surface area contributed by atoms with Crippen LogP contribution in [0.25, 0.3) is 0 Å². The lowest BCUT2D eigenvalue weighted by Gasteiger charge is -2.23. The number of anilines is 1. The second kappa shape index (κ2) is 12.0. The molecule has 188 valence electrons. The number of hydrogen-bond acceptors (Lipinski definition) is 5. The van der Waals surface area contributed by atoms with E-state index in [1.54, 1.807) is 42.5 Å². The highest BCUT2D eigenvalue weighted by Gasteiger charge is 2.27. The van der Waals surface area contributed by atoms with Crippen LogP contribution in [0, 0.1) is 6.92 Å². The normalized spacial score (nSPS) is 11.3. The van der Waals surface area contributed by atoms with Crippen LogP contribution in [0.5, 0.6) is 5.75 Å². The van der Waals surface area contributed by atoms with Crippen molar-refractivity contribution >= 4 is 27.8 Å². The number of rotatable bonds is 10. The summed E-state index contributed by atoms with van der Waals surface area (Å²) in [6.07, 6.45) is 1.49. The van der Waals surface area contributed by atoms with Gasteiger partial charge in [-0.25, -0.2) is 13.8 Å². The number of aryl methyl sites for hydroxylation is 1. The molecule has 0 bridgehead atoms. The Morgan fingerprint density at radius 1 is 0.865 bits per heavy atom. The third-order valence-corrected chi connectivity index (χ3v) is 7.26. The van der Waals surface area contributed by atoms with Crippen LogP contribution in [0.2, 0.25) is 0 Å². The molecule has 0 aliphatic carbocycles. The first-order valence-corrected chi connectivity index (χ1v) is 13.1. The van der Waals surface area contributed by atoms with Crippen LogP contribution < -0.4 is 14.5 Å². The van der Waals surface area contributed by atoms with E-state index in [9.17, 15) is 13.2 Å². The molecule has 0 saturated carbocycles. The largest absolute Gasteiger partial charge is 0.489 e. The minimum Gasteiger partial charge on any atom is -0.489 e. The fourth-order valence-corrected chi connectivity index (χ4v) is 4.92. The van der Waals surface area contributed by atoms with Crippen LogP contribution >= 0.6 is 0 Å². The Kier molecular flexibility index (Phi) is 8.33. The van der Waals surface area contributed by atoms with Gasteiger partial charge in [-0.1, -0.05) is 66.2 Å². The number of nitrogens with zero attached hydrogens (tertiary/aromatic N) is 2. The number of hydrogen-bond donors (Lipinski definition) is 1. The number of carbonyl (C=O) groups is 1. The van der Waals surface area contributed by atoms with Crippen molar-refractivity contribution in [1.29, 1.82) is 0 Å². The molecule has 0 saturated heterocycles. The van der Waals surface area contributed by atoms with Gasteiger partial charge in [0.2, 0.25) is 0 Å². The van der Waals surface area contributed by atoms with E-state index in [2.05, 4.69) is 10.5 Å². The average Bonchev–Trinajstić information content (AvgIpc) is 2.93. The molecule has 4 aromatic carbocycles. The van der Waals surface area contributed by atoms with Gasteiger partial charge < -0.3 is 4.74 Å². The van der Waals surface area contributed by atoms with Crippen molar-refractivity contribution in [3.05, 3.63) is 126 Å². The second-order valence-corrected chi connectivity index (χ2v) is 10.2. The SMILES string of the molecule is Cc1ccc(N(CC(=O)N/N=C\c2ccc(OCc3ccccc3)cc2)S(=O)(=O)c2ccccc2)cc1. The lowest BCUT2D eigenvalue weighted by atomic mass is 10.2. The third kappa shape index (κ3) is 7.05. The Hall–Kier alpha value is -4.43. The predicted octanol–water partition coefficient (Wildman–Crippen LogP) is 4.92. The molecule has 0 fully saturated rings. The van der Waals surface area contributed by atoms with Gasteiger partial charge in [0.1, 0.15) is 18.9 Å². The monoisotopic (exact) mass is 513 g/mol. The van der Waals surface area contributed by atoms with Crippen LogP contribution in [-0.4, -0.2) is 27.1 Å². The van der Waals surface area contributed by atoms with Gasteiger partial charge in [-0.2, -0.15) is 5.10 Å². The molecule has 0 unspecified atom stereocenters. The molecule has 0 aliphatic heterocycles. The molecule has 8 heteroatoms. The number of carbonyl (C=O) groups excluding carboxylic acids is 1. The number of benzene rings is 4. The summed E-state index contributed by atoms with van der Waals surface area (Å²) in [5.74, 6) is 0.143. The van der Waals surface area contributed by atoms with E-state index >= 15 is 0 Å². The smallest absolute Gasteiger partial charge is 0.264 e. The summed E-state index contributed by atoms with van der Waals surface area (Å²) in [6.45, 7) is 1.95. The number of ether oxygens (including phenoxy) is 1. The summed E-state index contributed by atoms with van der Waals surface area (Å²) >= 11 is 0. The quantitative estimate of drug-likeness (QED) is 0.241. The van der Waals surface area contributed by atoms with Crippen molar-refractivity contribution in [2.45, 2.75) is 18.4 Å². The van der Waals surface area contributed by atoms with Gasteiger partial charge in [0.15, 0.2) is 0 Å². The van der Waals surface area contributed by atoms with Crippen LogP contribution in [-0.2, 0) is 21.4 Å². The van der Waals surface area contributed by atoms with Crippen LogP contribution in [0.3, 0.4) is 0 Å². The second-order valence-electron chi connectivity index (χ2n) is 8.30. The van der Waals surface area contributed by atoms with Gasteiger partial charge >= 0.3 is 0 Å². The number of hydrazone groups is 1. The zero-order valence-corrected chi connectivity index (χ0v) is 21.1. The number of amides is 1. The zero-order valence-electron chi connectivity index (χ0n) is 20.3. The van der Waals surface area contributed by atoms with Crippen molar-refractivity contribution in [2.24, 2.45) is 5.10 Å². The first kappa shape index (κ1) is 25.7. The third-order valence-electron chi connectivity index (χ3n) is 5.47. The molecule has 7 nitrogen and oxygen atoms in total. The first-order chi connectivity index (χ1) is 17.9. The van der Waals surface area contributed by atoms with E-state index in [-0.39, 0.29) is 4.90 Å².